The summed E-state index contributed by atoms with van der Waals surface area (Å²) in [6, 6.07) is 24.4. The number of phenols is 1. The highest BCUT2D eigenvalue weighted by atomic mass is 35.5. The number of phenolic OH excluding ortho intramolecular Hbond substituents is 1. The summed E-state index contributed by atoms with van der Waals surface area (Å²) in [7, 11) is 0. The van der Waals surface area contributed by atoms with Crippen molar-refractivity contribution in [1.82, 2.24) is 4.98 Å². The van der Waals surface area contributed by atoms with Crippen LogP contribution < -0.4 is 0 Å². The third-order valence-electron chi connectivity index (χ3n) is 4.52. The predicted octanol–water partition coefficient (Wildman–Crippen LogP) is 6.35. The molecule has 0 spiro atoms. The van der Waals surface area contributed by atoms with Crippen molar-refractivity contribution in [1.29, 1.82) is 0 Å². The summed E-state index contributed by atoms with van der Waals surface area (Å²) in [4.78, 5) is 15.5. The van der Waals surface area contributed by atoms with Crippen LogP contribution in [0.1, 0.15) is 0 Å². The van der Waals surface area contributed by atoms with Crippen molar-refractivity contribution < 1.29 is 10.0 Å². The molecular formula is C23H15ClN2O3. The number of nitro benzene ring substituents is 1. The molecule has 0 bridgehead atoms. The highest BCUT2D eigenvalue weighted by molar-refractivity contribution is 6.31. The van der Waals surface area contributed by atoms with E-state index in [0.29, 0.717) is 27.5 Å². The number of nitro groups is 1. The lowest BCUT2D eigenvalue weighted by Gasteiger charge is -2.11. The van der Waals surface area contributed by atoms with Crippen LogP contribution in [-0.2, 0) is 0 Å². The van der Waals surface area contributed by atoms with Crippen molar-refractivity contribution in [3.63, 3.8) is 0 Å². The Hall–Kier alpha value is -3.70. The number of hydrogen-bond donors (Lipinski definition) is 1. The third kappa shape index (κ3) is 3.95. The number of nitrogens with zero attached hydrogens (tertiary/aromatic N) is 2. The molecule has 0 saturated heterocycles. The maximum Gasteiger partial charge on any atom is 0.270 e. The van der Waals surface area contributed by atoms with Crippen molar-refractivity contribution in [3.05, 3.63) is 100 Å². The number of benzene rings is 3. The third-order valence-corrected chi connectivity index (χ3v) is 4.75. The van der Waals surface area contributed by atoms with Gasteiger partial charge in [0.05, 0.1) is 16.3 Å². The molecule has 0 radical (unpaired) electrons. The van der Waals surface area contributed by atoms with Crippen molar-refractivity contribution >= 4 is 17.3 Å². The highest BCUT2D eigenvalue weighted by Crippen LogP contribution is 2.35. The Bertz CT molecular complexity index is 1210. The number of aromatic nitrogens is 1. The first-order chi connectivity index (χ1) is 14.0. The van der Waals surface area contributed by atoms with Crippen LogP contribution in [0.3, 0.4) is 0 Å². The van der Waals surface area contributed by atoms with Crippen LogP contribution in [0.2, 0.25) is 5.02 Å². The Labute approximate surface area is 172 Å². The zero-order chi connectivity index (χ0) is 20.4. The van der Waals surface area contributed by atoms with E-state index in [-0.39, 0.29) is 11.4 Å². The molecule has 1 N–H and O–H groups in total. The molecule has 0 saturated carbocycles. The van der Waals surface area contributed by atoms with E-state index < -0.39 is 4.92 Å². The van der Waals surface area contributed by atoms with Crippen molar-refractivity contribution in [2.75, 3.05) is 0 Å². The molecule has 3 aromatic carbocycles. The lowest BCUT2D eigenvalue weighted by molar-refractivity contribution is -0.384. The highest BCUT2D eigenvalue weighted by Gasteiger charge is 2.14. The van der Waals surface area contributed by atoms with Gasteiger partial charge in [-0.05, 0) is 41.5 Å². The minimum absolute atomic E-state index is 0.00715. The van der Waals surface area contributed by atoms with Gasteiger partial charge >= 0.3 is 0 Å². The van der Waals surface area contributed by atoms with Gasteiger partial charge in [-0.3, -0.25) is 10.1 Å². The minimum atomic E-state index is -0.424. The standard InChI is InChI=1S/C23H15ClN2O3/c24-18-9-10-23(27)20(14-18)22-13-17(16-7-4-8-19(11-16)26(28)29)12-21(25-22)15-5-2-1-3-6-15/h1-14,27H. The van der Waals surface area contributed by atoms with E-state index in [1.807, 2.05) is 36.4 Å². The number of rotatable bonds is 4. The van der Waals surface area contributed by atoms with Crippen molar-refractivity contribution in [2.24, 2.45) is 0 Å². The maximum atomic E-state index is 11.2. The molecule has 29 heavy (non-hydrogen) atoms. The Morgan fingerprint density at radius 1 is 0.793 bits per heavy atom. The van der Waals surface area contributed by atoms with Gasteiger partial charge in [-0.25, -0.2) is 4.98 Å². The Kier molecular flexibility index (Phi) is 4.97. The van der Waals surface area contributed by atoms with Gasteiger partial charge in [0.25, 0.3) is 5.69 Å². The van der Waals surface area contributed by atoms with Crippen molar-refractivity contribution in [2.45, 2.75) is 0 Å². The van der Waals surface area contributed by atoms with Crippen LogP contribution in [0.15, 0.2) is 84.9 Å². The van der Waals surface area contributed by atoms with E-state index >= 15 is 0 Å². The zero-order valence-electron chi connectivity index (χ0n) is 15.1. The van der Waals surface area contributed by atoms with Crippen molar-refractivity contribution in [3.8, 4) is 39.4 Å². The Morgan fingerprint density at radius 3 is 2.28 bits per heavy atom. The van der Waals surface area contributed by atoms with Gasteiger partial charge in [-0.15, -0.1) is 0 Å². The Balaban J connectivity index is 1.95. The molecule has 4 rings (SSSR count). The monoisotopic (exact) mass is 402 g/mol. The summed E-state index contributed by atoms with van der Waals surface area (Å²) < 4.78 is 0. The largest absolute Gasteiger partial charge is 0.507 e. The molecule has 5 nitrogen and oxygen atoms in total. The van der Waals surface area contributed by atoms with Crippen LogP contribution in [-0.4, -0.2) is 15.0 Å². The second-order valence-electron chi connectivity index (χ2n) is 6.46. The normalized spacial score (nSPS) is 10.7. The molecule has 0 aliphatic rings. The van der Waals surface area contributed by atoms with E-state index in [1.54, 1.807) is 30.3 Å². The summed E-state index contributed by atoms with van der Waals surface area (Å²) in [5, 5.41) is 22.0. The molecule has 0 amide bonds. The quantitative estimate of drug-likeness (QED) is 0.318. The smallest absolute Gasteiger partial charge is 0.270 e. The fourth-order valence-corrected chi connectivity index (χ4v) is 3.28. The van der Waals surface area contributed by atoms with Crippen LogP contribution >= 0.6 is 11.6 Å². The second kappa shape index (κ2) is 7.73. The molecule has 4 aromatic rings. The molecule has 0 aliphatic carbocycles. The van der Waals surface area contributed by atoms with Gasteiger partial charge in [-0.2, -0.15) is 0 Å². The van der Waals surface area contributed by atoms with Gasteiger partial charge in [0, 0.05) is 28.3 Å². The van der Waals surface area contributed by atoms with Crippen LogP contribution in [0.5, 0.6) is 5.75 Å². The summed E-state index contributed by atoms with van der Waals surface area (Å²) in [6.45, 7) is 0. The van der Waals surface area contributed by atoms with E-state index in [0.717, 1.165) is 11.1 Å². The van der Waals surface area contributed by atoms with Gasteiger partial charge in [0.1, 0.15) is 5.75 Å². The molecule has 0 atom stereocenters. The molecular weight excluding hydrogens is 388 g/mol. The number of halogens is 1. The molecule has 0 fully saturated rings. The topological polar surface area (TPSA) is 76.3 Å². The molecule has 6 heteroatoms. The van der Waals surface area contributed by atoms with Gasteiger partial charge in [0.15, 0.2) is 0 Å². The minimum Gasteiger partial charge on any atom is -0.507 e. The lowest BCUT2D eigenvalue weighted by atomic mass is 9.99. The first-order valence-corrected chi connectivity index (χ1v) is 9.20. The second-order valence-corrected chi connectivity index (χ2v) is 6.90. The molecule has 0 aliphatic heterocycles. The predicted molar refractivity (Wildman–Crippen MR) is 114 cm³/mol. The van der Waals surface area contributed by atoms with Gasteiger partial charge < -0.3 is 5.11 Å². The average molecular weight is 403 g/mol. The lowest BCUT2D eigenvalue weighted by Crippen LogP contribution is -1.93. The number of aromatic hydroxyl groups is 1. The molecule has 1 heterocycles. The first kappa shape index (κ1) is 18.7. The Morgan fingerprint density at radius 2 is 1.52 bits per heavy atom. The summed E-state index contributed by atoms with van der Waals surface area (Å²) in [5.41, 5.74) is 4.02. The van der Waals surface area contributed by atoms with Crippen LogP contribution in [0.25, 0.3) is 33.6 Å². The maximum absolute atomic E-state index is 11.2. The van der Waals surface area contributed by atoms with Crippen LogP contribution in [0.4, 0.5) is 5.69 Å². The number of hydrogen-bond acceptors (Lipinski definition) is 4. The zero-order valence-corrected chi connectivity index (χ0v) is 15.9. The molecule has 1 aromatic heterocycles. The summed E-state index contributed by atoms with van der Waals surface area (Å²) in [5.74, 6) is 0.0529. The fourth-order valence-electron chi connectivity index (χ4n) is 3.10. The van der Waals surface area contributed by atoms with Gasteiger partial charge in [0.2, 0.25) is 0 Å². The van der Waals surface area contributed by atoms with E-state index in [2.05, 4.69) is 0 Å². The molecule has 0 unspecified atom stereocenters. The van der Waals surface area contributed by atoms with E-state index in [1.165, 1.54) is 18.2 Å². The van der Waals surface area contributed by atoms with E-state index in [4.69, 9.17) is 16.6 Å². The van der Waals surface area contributed by atoms with Crippen LogP contribution in [0, 0.1) is 10.1 Å². The molecule has 142 valence electrons. The van der Waals surface area contributed by atoms with Gasteiger partial charge in [-0.1, -0.05) is 54.1 Å². The SMILES string of the molecule is O=[N+]([O-])c1cccc(-c2cc(-c3ccccc3)nc(-c3cc(Cl)ccc3O)c2)c1. The summed E-state index contributed by atoms with van der Waals surface area (Å²) in [6.07, 6.45) is 0. The summed E-state index contributed by atoms with van der Waals surface area (Å²) >= 11 is 6.12. The number of non-ortho nitro benzene ring substituents is 1. The fraction of sp³-hybridized carbons (Fsp3) is 0. The average Bonchev–Trinajstić information content (AvgIpc) is 2.76. The first-order valence-electron chi connectivity index (χ1n) is 8.82. The number of pyridine rings is 1. The van der Waals surface area contributed by atoms with E-state index in [9.17, 15) is 15.2 Å².